The van der Waals surface area contributed by atoms with Crippen LogP contribution in [0.25, 0.3) is 22.3 Å². The Morgan fingerprint density at radius 3 is 2.59 bits per heavy atom. The van der Waals surface area contributed by atoms with E-state index in [1.807, 2.05) is 10.7 Å². The largest absolute Gasteiger partial charge is 0.352 e. The fourth-order valence-electron chi connectivity index (χ4n) is 8.12. The van der Waals surface area contributed by atoms with Gasteiger partial charge in [0.1, 0.15) is 17.5 Å². The lowest BCUT2D eigenvalue weighted by Gasteiger charge is -2.35. The quantitative estimate of drug-likeness (QED) is 0.138. The number of nitrogens with one attached hydrogen (secondary N) is 2. The number of halogens is 1. The molecule has 7 heterocycles. The molecule has 3 aliphatic heterocycles. The summed E-state index contributed by atoms with van der Waals surface area (Å²) in [4.78, 5) is 55.7. The summed E-state index contributed by atoms with van der Waals surface area (Å²) >= 11 is 0. The highest BCUT2D eigenvalue weighted by Gasteiger charge is 2.39. The maximum absolute atomic E-state index is 16.0. The van der Waals surface area contributed by atoms with Crippen molar-refractivity contribution >= 4 is 56.4 Å². The second kappa shape index (κ2) is 14.9. The number of anilines is 3. The number of hydrogen-bond donors (Lipinski definition) is 2. The molecule has 1 saturated carbocycles. The Morgan fingerprint density at radius 1 is 1.05 bits per heavy atom. The number of ketones is 1. The van der Waals surface area contributed by atoms with Gasteiger partial charge >= 0.3 is 0 Å². The number of piperazine rings is 1. The lowest BCUT2D eigenvalue weighted by Crippen LogP contribution is -2.52. The summed E-state index contributed by atoms with van der Waals surface area (Å²) in [6.45, 7) is 7.81. The third-order valence-corrected chi connectivity index (χ3v) is 13.5. The van der Waals surface area contributed by atoms with E-state index >= 15 is 4.39 Å². The van der Waals surface area contributed by atoms with Crippen LogP contribution in [0.2, 0.25) is 0 Å². The molecule has 302 valence electrons. The van der Waals surface area contributed by atoms with Crippen LogP contribution in [0.4, 0.5) is 21.8 Å². The van der Waals surface area contributed by atoms with Crippen LogP contribution >= 0.6 is 0 Å². The second-order valence-electron chi connectivity index (χ2n) is 15.7. The van der Waals surface area contributed by atoms with E-state index in [0.29, 0.717) is 111 Å². The minimum absolute atomic E-state index is 0.0606. The molecule has 1 amide bonds. The first-order valence-corrected chi connectivity index (χ1v) is 21.1. The first-order valence-electron chi connectivity index (χ1n) is 19.6. The molecule has 2 atom stereocenters. The van der Waals surface area contributed by atoms with E-state index in [2.05, 4.69) is 49.3 Å². The van der Waals surface area contributed by atoms with E-state index in [1.165, 1.54) is 12.4 Å². The zero-order valence-electron chi connectivity index (χ0n) is 32.1. The third-order valence-electron chi connectivity index (χ3n) is 11.5. The highest BCUT2D eigenvalue weighted by molar-refractivity contribution is 7.90. The van der Waals surface area contributed by atoms with E-state index in [0.717, 1.165) is 20.8 Å². The predicted molar refractivity (Wildman–Crippen MR) is 211 cm³/mol. The van der Waals surface area contributed by atoms with Crippen molar-refractivity contribution in [2.45, 2.75) is 76.0 Å². The zero-order valence-corrected chi connectivity index (χ0v) is 32.9. The van der Waals surface area contributed by atoms with Crippen LogP contribution in [0.3, 0.4) is 0 Å². The van der Waals surface area contributed by atoms with Crippen LogP contribution < -0.4 is 15.5 Å². The number of nitrogens with zero attached hydrogens (tertiary/aromatic N) is 10. The van der Waals surface area contributed by atoms with Gasteiger partial charge in [-0.15, -0.1) is 0 Å². The molecule has 4 aliphatic rings. The average molecular weight is 811 g/mol. The Labute approximate surface area is 333 Å². The summed E-state index contributed by atoms with van der Waals surface area (Å²) < 4.78 is 44.2. The van der Waals surface area contributed by atoms with Crippen LogP contribution in [0.5, 0.6) is 0 Å². The molecule has 19 heteroatoms. The molecule has 0 radical (unpaired) electrons. The minimum Gasteiger partial charge on any atom is -0.352 e. The van der Waals surface area contributed by atoms with Crippen LogP contribution in [0.1, 0.15) is 67.1 Å². The van der Waals surface area contributed by atoms with Crippen molar-refractivity contribution in [2.75, 3.05) is 42.9 Å². The molecular weight excluding hydrogens is 768 g/mol. The van der Waals surface area contributed by atoms with Crippen LogP contribution in [0, 0.1) is 5.82 Å². The maximum atomic E-state index is 16.0. The van der Waals surface area contributed by atoms with Gasteiger partial charge in [0.15, 0.2) is 17.9 Å². The van der Waals surface area contributed by atoms with Gasteiger partial charge in [-0.3, -0.25) is 24.0 Å². The summed E-state index contributed by atoms with van der Waals surface area (Å²) in [5.74, 6) is 1.14. The first-order chi connectivity index (χ1) is 28.0. The number of aromatic nitrogens is 7. The molecule has 1 aliphatic carbocycles. The Morgan fingerprint density at radius 2 is 1.86 bits per heavy atom. The van der Waals surface area contributed by atoms with E-state index in [4.69, 9.17) is 10.1 Å². The highest BCUT2D eigenvalue weighted by Crippen LogP contribution is 2.34. The van der Waals surface area contributed by atoms with Crippen LogP contribution in [-0.2, 0) is 32.7 Å². The number of hydrogen-bond acceptors (Lipinski definition) is 14. The Balaban J connectivity index is 0.853. The van der Waals surface area contributed by atoms with Crippen molar-refractivity contribution in [3.63, 3.8) is 0 Å². The van der Waals surface area contributed by atoms with Gasteiger partial charge in [-0.05, 0) is 51.7 Å². The number of fused-ring (bicyclic) bond motifs is 2. The molecule has 2 N–H and O–H groups in total. The predicted octanol–water partition coefficient (Wildman–Crippen LogP) is 3.06. The van der Waals surface area contributed by atoms with Crippen molar-refractivity contribution in [3.8, 4) is 11.4 Å². The Hall–Kier alpha value is -5.66. The van der Waals surface area contributed by atoms with Crippen molar-refractivity contribution < 1.29 is 27.2 Å². The van der Waals surface area contributed by atoms with E-state index in [1.54, 1.807) is 35.5 Å². The van der Waals surface area contributed by atoms with E-state index in [9.17, 15) is 22.8 Å². The van der Waals surface area contributed by atoms with Gasteiger partial charge in [-0.1, -0.05) is 6.07 Å². The summed E-state index contributed by atoms with van der Waals surface area (Å²) in [5, 5.41) is 15.9. The average Bonchev–Trinajstić information content (AvgIpc) is 3.71. The topological polar surface area (TPSA) is 193 Å². The van der Waals surface area contributed by atoms with Gasteiger partial charge in [0.05, 0.1) is 46.7 Å². The maximum Gasteiger partial charge on any atom is 0.256 e. The van der Waals surface area contributed by atoms with Gasteiger partial charge in [-0.25, -0.2) is 27.8 Å². The number of carbonyl (C=O) groups is 3. The number of rotatable bonds is 12. The molecule has 2 saturated heterocycles. The lowest BCUT2D eigenvalue weighted by atomic mass is 9.97. The lowest BCUT2D eigenvalue weighted by molar-refractivity contribution is -0.131. The molecule has 58 heavy (non-hydrogen) atoms. The van der Waals surface area contributed by atoms with Gasteiger partial charge in [0.2, 0.25) is 5.78 Å². The van der Waals surface area contributed by atoms with Crippen LogP contribution in [0.15, 0.2) is 49.1 Å². The Bertz CT molecular complexity index is 2540. The summed E-state index contributed by atoms with van der Waals surface area (Å²) in [5.41, 5.74) is 2.72. The molecule has 0 spiro atoms. The minimum atomic E-state index is -3.51. The molecule has 1 aromatic carbocycles. The van der Waals surface area contributed by atoms with Crippen molar-refractivity contribution in [1.82, 2.24) is 49.0 Å². The number of aldehydes is 1. The first kappa shape index (κ1) is 37.9. The van der Waals surface area contributed by atoms with Gasteiger partial charge in [0, 0.05) is 86.5 Å². The third kappa shape index (κ3) is 7.00. The monoisotopic (exact) mass is 810 g/mol. The summed E-state index contributed by atoms with van der Waals surface area (Å²) in [6, 6.07) is 6.43. The number of carbonyl (C=O) groups excluding carboxylic acids is 3. The Kier molecular flexibility index (Phi) is 9.76. The smallest absolute Gasteiger partial charge is 0.256 e. The molecule has 9 rings (SSSR count). The fraction of sp³-hybridized carbons (Fsp3) is 0.436. The fourth-order valence-corrected chi connectivity index (χ4v) is 9.59. The number of pyridine rings is 1. The molecular formula is C39H43FN12O5S. The zero-order chi connectivity index (χ0) is 40.3. The van der Waals surface area contributed by atoms with Crippen molar-refractivity contribution in [1.29, 1.82) is 0 Å². The SMILES string of the molecule is CC(C)n1nc(N2CCN(Cc3ccc4c(c3F)CN(C3CCC(C(=O)C=O)NC3)C4=O)CC2)c2cnc(Nc3ccnc(-c4cnn(S(=O)(=O)C5CC5)c4)n3)cc21. The second-order valence-corrected chi connectivity index (χ2v) is 17.7. The van der Waals surface area contributed by atoms with Gasteiger partial charge in [-0.2, -0.15) is 14.3 Å². The van der Waals surface area contributed by atoms with E-state index < -0.39 is 21.8 Å². The van der Waals surface area contributed by atoms with E-state index in [-0.39, 0.29) is 35.6 Å². The van der Waals surface area contributed by atoms with Crippen LogP contribution in [-0.4, -0.2) is 120 Å². The number of amides is 1. The van der Waals surface area contributed by atoms with Crippen molar-refractivity contribution in [3.05, 3.63) is 71.6 Å². The van der Waals surface area contributed by atoms with Crippen molar-refractivity contribution in [2.24, 2.45) is 0 Å². The number of piperidine rings is 1. The number of Topliss-reactive ketones (excluding diaryl/α,β-unsaturated/α-hetero) is 1. The molecule has 17 nitrogen and oxygen atoms in total. The molecule has 3 fully saturated rings. The molecule has 0 bridgehead atoms. The highest BCUT2D eigenvalue weighted by atomic mass is 32.2. The van der Waals surface area contributed by atoms with Gasteiger partial charge < -0.3 is 20.4 Å². The summed E-state index contributed by atoms with van der Waals surface area (Å²) in [7, 11) is -3.51. The molecule has 4 aromatic heterocycles. The summed E-state index contributed by atoms with van der Waals surface area (Å²) in [6.07, 6.45) is 8.91. The normalized spacial score (nSPS) is 20.2. The van der Waals surface area contributed by atoms with Gasteiger partial charge in [0.25, 0.3) is 15.9 Å². The molecule has 5 aromatic rings. The number of benzene rings is 1. The standard InChI is InChI=1S/C39H43FN12O5S/c1-23(2)52-32-15-35(45-34-9-10-41-37(46-34)25-16-44-51(20-25)58(56,57)27-5-6-27)43-18-29(32)38(47-52)49-13-11-48(12-14-49)19-24-3-7-28-30(36(24)40)21-50(39(28)55)26-4-8-31(42-17-26)33(54)22-53/h3,7,9-10,15-16,18,20,22-23,26-27,31,42H,4-6,8,11-14,17,19,21H2,1-2H3,(H,41,43,45,46). The molecule has 2 unspecified atom stereocenters.